The molecule has 8 nitrogen and oxygen atoms in total. The van der Waals surface area contributed by atoms with Crippen molar-refractivity contribution in [2.24, 2.45) is 7.05 Å². The Morgan fingerprint density at radius 1 is 1.24 bits per heavy atom. The molecule has 0 atom stereocenters. The van der Waals surface area contributed by atoms with Crippen LogP contribution in [0.1, 0.15) is 43.9 Å². The van der Waals surface area contributed by atoms with Gasteiger partial charge in [0.1, 0.15) is 11.5 Å². The van der Waals surface area contributed by atoms with Gasteiger partial charge < -0.3 is 0 Å². The van der Waals surface area contributed by atoms with Crippen LogP contribution in [-0.4, -0.2) is 39.4 Å². The fourth-order valence-corrected chi connectivity index (χ4v) is 4.61. The summed E-state index contributed by atoms with van der Waals surface area (Å²) in [7, 11) is -1.73. The Kier molecular flexibility index (Phi) is 6.36. The van der Waals surface area contributed by atoms with Gasteiger partial charge in [0.2, 0.25) is 15.9 Å². The second-order valence-corrected chi connectivity index (χ2v) is 9.01. The molecule has 1 N–H and O–H groups in total. The minimum atomic E-state index is -3.58. The minimum absolute atomic E-state index is 0.0230. The molecule has 0 radical (unpaired) electrons. The van der Waals surface area contributed by atoms with E-state index in [0.717, 1.165) is 41.0 Å². The minimum Gasteiger partial charge on any atom is -0.285 e. The lowest BCUT2D eigenvalue weighted by Gasteiger charge is -2.10. The molecule has 3 rings (SSSR count). The summed E-state index contributed by atoms with van der Waals surface area (Å²) in [5, 5.41) is 5.50. The van der Waals surface area contributed by atoms with Gasteiger partial charge >= 0.3 is 0 Å². The van der Waals surface area contributed by atoms with Gasteiger partial charge in [0.05, 0.1) is 11.4 Å². The molecule has 0 aliphatic heterocycles. The lowest BCUT2D eigenvalue weighted by atomic mass is 10.1. The maximum atomic E-state index is 12.3. The first-order valence-corrected chi connectivity index (χ1v) is 11.5. The highest BCUT2D eigenvalue weighted by Gasteiger charge is 2.20. The van der Waals surface area contributed by atoms with Crippen molar-refractivity contribution in [2.45, 2.75) is 46.0 Å². The second kappa shape index (κ2) is 8.77. The Bertz CT molecular complexity index is 1110. The third kappa shape index (κ3) is 4.84. The molecule has 0 fully saturated rings. The maximum absolute atomic E-state index is 12.3. The van der Waals surface area contributed by atoms with E-state index in [1.165, 1.54) is 0 Å². The Labute approximate surface area is 171 Å². The van der Waals surface area contributed by atoms with Gasteiger partial charge in [0, 0.05) is 36.8 Å². The molecule has 9 heteroatoms. The van der Waals surface area contributed by atoms with E-state index >= 15 is 0 Å². The molecule has 3 aromatic rings. The number of aromatic nitrogens is 4. The number of amides is 1. The van der Waals surface area contributed by atoms with Crippen molar-refractivity contribution in [1.29, 1.82) is 0 Å². The number of unbranched alkanes of at least 4 members (excludes halogenated alkanes) is 2. The Morgan fingerprint density at radius 2 is 2.03 bits per heavy atom. The summed E-state index contributed by atoms with van der Waals surface area (Å²) in [6.45, 7) is 3.89. The van der Waals surface area contributed by atoms with Gasteiger partial charge in [0.15, 0.2) is 0 Å². The second-order valence-electron chi connectivity index (χ2n) is 7.16. The van der Waals surface area contributed by atoms with E-state index in [1.807, 2.05) is 49.9 Å². The van der Waals surface area contributed by atoms with Gasteiger partial charge in [-0.1, -0.05) is 19.8 Å². The quantitative estimate of drug-likeness (QED) is 0.540. The number of aryl methyl sites for hydroxylation is 2. The Hall–Kier alpha value is -2.68. The summed E-state index contributed by atoms with van der Waals surface area (Å²) in [5.74, 6) is 0.311. The zero-order valence-corrected chi connectivity index (χ0v) is 17.9. The van der Waals surface area contributed by atoms with E-state index in [1.54, 1.807) is 10.9 Å². The fourth-order valence-electron chi connectivity index (χ4n) is 3.48. The van der Waals surface area contributed by atoms with E-state index in [-0.39, 0.29) is 12.2 Å². The average Bonchev–Trinajstić information content (AvgIpc) is 3.19. The van der Waals surface area contributed by atoms with Crippen molar-refractivity contribution in [3.8, 4) is 5.82 Å². The van der Waals surface area contributed by atoms with Gasteiger partial charge in [0.25, 0.3) is 0 Å². The summed E-state index contributed by atoms with van der Waals surface area (Å²) in [6.07, 6.45) is 6.42. The van der Waals surface area contributed by atoms with Crippen molar-refractivity contribution >= 4 is 27.0 Å². The van der Waals surface area contributed by atoms with Crippen LogP contribution in [0.5, 0.6) is 0 Å². The molecular weight excluding hydrogens is 390 g/mol. The molecule has 0 aliphatic rings. The molecule has 0 aliphatic carbocycles. The molecule has 29 heavy (non-hydrogen) atoms. The normalized spacial score (nSPS) is 11.8. The standard InChI is InChI=1S/C20H27N5O3S/c1-4-5-6-14-29(27,28)23-18(26)10-9-17-15(2)22-24(3)20(17)25-13-11-16-8-7-12-21-19(16)25/h7-8,11-13H,4-6,9-10,14H2,1-3H3,(H,23,26). The number of nitrogens with one attached hydrogen (secondary N) is 1. The molecule has 0 aromatic carbocycles. The summed E-state index contributed by atoms with van der Waals surface area (Å²) in [6, 6.07) is 5.84. The Morgan fingerprint density at radius 3 is 2.79 bits per heavy atom. The molecule has 0 unspecified atom stereocenters. The number of pyridine rings is 1. The Balaban J connectivity index is 1.76. The molecule has 3 heterocycles. The number of fused-ring (bicyclic) bond motifs is 1. The molecule has 156 valence electrons. The summed E-state index contributed by atoms with van der Waals surface area (Å²) >= 11 is 0. The maximum Gasteiger partial charge on any atom is 0.234 e. The van der Waals surface area contributed by atoms with Gasteiger partial charge in [-0.05, 0) is 38.0 Å². The van der Waals surface area contributed by atoms with Gasteiger partial charge in [-0.2, -0.15) is 5.10 Å². The summed E-state index contributed by atoms with van der Waals surface area (Å²) in [4.78, 5) is 16.7. The monoisotopic (exact) mass is 417 g/mol. The smallest absolute Gasteiger partial charge is 0.234 e. The molecule has 3 aromatic heterocycles. The summed E-state index contributed by atoms with van der Waals surface area (Å²) < 4.78 is 30.0. The van der Waals surface area contributed by atoms with Crippen molar-refractivity contribution in [1.82, 2.24) is 24.1 Å². The number of sulfonamides is 1. The number of hydrogen-bond donors (Lipinski definition) is 1. The van der Waals surface area contributed by atoms with E-state index in [0.29, 0.717) is 12.8 Å². The molecule has 0 saturated carbocycles. The van der Waals surface area contributed by atoms with Gasteiger partial charge in [-0.25, -0.2) is 13.4 Å². The predicted octanol–water partition coefficient (Wildman–Crippen LogP) is 2.64. The number of nitrogens with zero attached hydrogens (tertiary/aromatic N) is 4. The third-order valence-electron chi connectivity index (χ3n) is 4.88. The molecular formula is C20H27N5O3S. The first kappa shape index (κ1) is 21.0. The van der Waals surface area contributed by atoms with Crippen LogP contribution in [0, 0.1) is 6.92 Å². The zero-order valence-electron chi connectivity index (χ0n) is 17.1. The third-order valence-corrected chi connectivity index (χ3v) is 6.24. The van der Waals surface area contributed by atoms with Crippen LogP contribution in [-0.2, 0) is 28.3 Å². The largest absolute Gasteiger partial charge is 0.285 e. The highest BCUT2D eigenvalue weighted by atomic mass is 32.2. The number of rotatable bonds is 9. The lowest BCUT2D eigenvalue weighted by molar-refractivity contribution is -0.119. The van der Waals surface area contributed by atoms with Crippen LogP contribution in [0.4, 0.5) is 0 Å². The summed E-state index contributed by atoms with van der Waals surface area (Å²) in [5.41, 5.74) is 2.51. The van der Waals surface area contributed by atoms with Crippen molar-refractivity contribution in [3.05, 3.63) is 41.9 Å². The van der Waals surface area contributed by atoms with Gasteiger partial charge in [-0.3, -0.25) is 18.8 Å². The average molecular weight is 418 g/mol. The van der Waals surface area contributed by atoms with Crippen LogP contribution in [0.25, 0.3) is 16.9 Å². The van der Waals surface area contributed by atoms with Crippen molar-refractivity contribution in [2.75, 3.05) is 5.75 Å². The number of carbonyl (C=O) groups is 1. The van der Waals surface area contributed by atoms with E-state index in [2.05, 4.69) is 14.8 Å². The molecule has 0 bridgehead atoms. The molecule has 0 saturated heterocycles. The van der Waals surface area contributed by atoms with E-state index in [4.69, 9.17) is 0 Å². The van der Waals surface area contributed by atoms with Crippen molar-refractivity contribution < 1.29 is 13.2 Å². The van der Waals surface area contributed by atoms with E-state index in [9.17, 15) is 13.2 Å². The van der Waals surface area contributed by atoms with Crippen LogP contribution in [0.3, 0.4) is 0 Å². The van der Waals surface area contributed by atoms with Gasteiger partial charge in [-0.15, -0.1) is 0 Å². The fraction of sp³-hybridized carbons (Fsp3) is 0.450. The lowest BCUT2D eigenvalue weighted by Crippen LogP contribution is -2.32. The van der Waals surface area contributed by atoms with Crippen LogP contribution >= 0.6 is 0 Å². The zero-order chi connectivity index (χ0) is 21.0. The number of carbonyl (C=O) groups excluding carboxylic acids is 1. The first-order chi connectivity index (χ1) is 13.8. The van der Waals surface area contributed by atoms with Crippen LogP contribution in [0.15, 0.2) is 30.6 Å². The van der Waals surface area contributed by atoms with E-state index < -0.39 is 15.9 Å². The SMILES string of the molecule is CCCCCS(=O)(=O)NC(=O)CCc1c(C)nn(C)c1-n1ccc2cccnc21. The highest BCUT2D eigenvalue weighted by molar-refractivity contribution is 7.90. The molecule has 1 amide bonds. The van der Waals surface area contributed by atoms with Crippen molar-refractivity contribution in [3.63, 3.8) is 0 Å². The highest BCUT2D eigenvalue weighted by Crippen LogP contribution is 2.24. The predicted molar refractivity (Wildman–Crippen MR) is 112 cm³/mol. The molecule has 0 spiro atoms. The van der Waals surface area contributed by atoms with Crippen LogP contribution in [0.2, 0.25) is 0 Å². The first-order valence-electron chi connectivity index (χ1n) is 9.80. The van der Waals surface area contributed by atoms with Crippen LogP contribution < -0.4 is 4.72 Å². The number of hydrogen-bond acceptors (Lipinski definition) is 5. The topological polar surface area (TPSA) is 98.9 Å².